The zero-order valence-corrected chi connectivity index (χ0v) is 19.1. The molecule has 0 aliphatic carbocycles. The molecule has 0 saturated carbocycles. The van der Waals surface area contributed by atoms with Gasteiger partial charge in [0.05, 0.1) is 19.6 Å². The smallest absolute Gasteiger partial charge is 0.328 e. The SMILES string of the molecule is COC(=O)[C@H](Cc1ccccc1)NC(=O)[C@@H](NC(=O)C[C@H](O)C(N)CC(C)C)C(C)C. The van der Waals surface area contributed by atoms with E-state index in [2.05, 4.69) is 10.6 Å². The lowest BCUT2D eigenvalue weighted by molar-refractivity contribution is -0.145. The van der Waals surface area contributed by atoms with E-state index in [1.807, 2.05) is 44.2 Å². The van der Waals surface area contributed by atoms with Crippen LogP contribution in [0.3, 0.4) is 0 Å². The van der Waals surface area contributed by atoms with Crippen molar-refractivity contribution in [3.63, 3.8) is 0 Å². The third kappa shape index (κ3) is 9.48. The number of nitrogens with two attached hydrogens (primary N) is 1. The molecule has 2 amide bonds. The summed E-state index contributed by atoms with van der Waals surface area (Å²) < 4.78 is 4.83. The second-order valence-electron chi connectivity index (χ2n) is 8.63. The Morgan fingerprint density at radius 2 is 1.68 bits per heavy atom. The Hall–Kier alpha value is -2.45. The fourth-order valence-corrected chi connectivity index (χ4v) is 3.26. The maximum Gasteiger partial charge on any atom is 0.328 e. The summed E-state index contributed by atoms with van der Waals surface area (Å²) in [6.07, 6.45) is -0.350. The number of aliphatic hydroxyl groups is 1. The van der Waals surface area contributed by atoms with Gasteiger partial charge in [-0.25, -0.2) is 4.79 Å². The van der Waals surface area contributed by atoms with Gasteiger partial charge in [0.1, 0.15) is 12.1 Å². The predicted molar refractivity (Wildman–Crippen MR) is 119 cm³/mol. The Balaban J connectivity index is 2.79. The molecule has 174 valence electrons. The molecule has 0 aliphatic rings. The van der Waals surface area contributed by atoms with Crippen LogP contribution in [0.1, 0.15) is 46.1 Å². The van der Waals surface area contributed by atoms with Crippen molar-refractivity contribution in [1.29, 1.82) is 0 Å². The molecule has 1 aromatic carbocycles. The highest BCUT2D eigenvalue weighted by Gasteiger charge is 2.30. The van der Waals surface area contributed by atoms with Crippen molar-refractivity contribution in [3.05, 3.63) is 35.9 Å². The first-order valence-corrected chi connectivity index (χ1v) is 10.7. The molecule has 31 heavy (non-hydrogen) atoms. The molecule has 8 heteroatoms. The van der Waals surface area contributed by atoms with E-state index < -0.39 is 42.0 Å². The van der Waals surface area contributed by atoms with Crippen molar-refractivity contribution in [2.24, 2.45) is 17.6 Å². The van der Waals surface area contributed by atoms with E-state index in [9.17, 15) is 19.5 Å². The van der Waals surface area contributed by atoms with Crippen LogP contribution in [0.5, 0.6) is 0 Å². The van der Waals surface area contributed by atoms with Gasteiger partial charge in [-0.05, 0) is 23.8 Å². The van der Waals surface area contributed by atoms with Crippen LogP contribution >= 0.6 is 0 Å². The number of carbonyl (C=O) groups excluding carboxylic acids is 3. The molecule has 1 unspecified atom stereocenters. The fraction of sp³-hybridized carbons (Fsp3) is 0.609. The van der Waals surface area contributed by atoms with Crippen LogP contribution in [0.15, 0.2) is 30.3 Å². The van der Waals surface area contributed by atoms with Crippen LogP contribution in [-0.4, -0.2) is 54.2 Å². The fourth-order valence-electron chi connectivity index (χ4n) is 3.26. The van der Waals surface area contributed by atoms with Gasteiger partial charge in [-0.1, -0.05) is 58.0 Å². The van der Waals surface area contributed by atoms with E-state index in [4.69, 9.17) is 10.5 Å². The minimum Gasteiger partial charge on any atom is -0.467 e. The number of hydrogen-bond donors (Lipinski definition) is 4. The Labute approximate surface area is 184 Å². The van der Waals surface area contributed by atoms with Gasteiger partial charge in [-0.3, -0.25) is 9.59 Å². The number of esters is 1. The topological polar surface area (TPSA) is 131 Å². The van der Waals surface area contributed by atoms with E-state index >= 15 is 0 Å². The molecular formula is C23H37N3O5. The van der Waals surface area contributed by atoms with E-state index in [1.165, 1.54) is 7.11 Å². The van der Waals surface area contributed by atoms with Gasteiger partial charge < -0.3 is 26.2 Å². The summed E-state index contributed by atoms with van der Waals surface area (Å²) in [5, 5.41) is 15.5. The van der Waals surface area contributed by atoms with Crippen molar-refractivity contribution in [1.82, 2.24) is 10.6 Å². The number of methoxy groups -OCH3 is 1. The van der Waals surface area contributed by atoms with E-state index in [0.29, 0.717) is 12.3 Å². The summed E-state index contributed by atoms with van der Waals surface area (Å²) in [5.41, 5.74) is 6.81. The first kappa shape index (κ1) is 26.6. The van der Waals surface area contributed by atoms with E-state index in [-0.39, 0.29) is 18.8 Å². The predicted octanol–water partition coefficient (Wildman–Crippen LogP) is 1.15. The van der Waals surface area contributed by atoms with Crippen molar-refractivity contribution in [3.8, 4) is 0 Å². The van der Waals surface area contributed by atoms with Crippen molar-refractivity contribution in [2.45, 2.75) is 71.2 Å². The molecule has 5 N–H and O–H groups in total. The molecule has 0 aliphatic heterocycles. The normalized spacial score (nSPS) is 15.1. The summed E-state index contributed by atoms with van der Waals surface area (Å²) in [7, 11) is 1.26. The third-order valence-corrected chi connectivity index (χ3v) is 4.98. The highest BCUT2D eigenvalue weighted by Crippen LogP contribution is 2.11. The molecule has 0 aromatic heterocycles. The van der Waals surface area contributed by atoms with Crippen molar-refractivity contribution in [2.75, 3.05) is 7.11 Å². The van der Waals surface area contributed by atoms with E-state index in [0.717, 1.165) is 5.56 Å². The van der Waals surface area contributed by atoms with Gasteiger partial charge in [0.15, 0.2) is 0 Å². The lowest BCUT2D eigenvalue weighted by Crippen LogP contribution is -2.55. The first-order valence-electron chi connectivity index (χ1n) is 10.7. The number of hydrogen-bond acceptors (Lipinski definition) is 6. The van der Waals surface area contributed by atoms with Gasteiger partial charge >= 0.3 is 5.97 Å². The zero-order valence-electron chi connectivity index (χ0n) is 19.1. The monoisotopic (exact) mass is 435 g/mol. The Kier molecular flexibility index (Phi) is 11.2. The molecule has 0 heterocycles. The molecule has 1 aromatic rings. The van der Waals surface area contributed by atoms with Gasteiger partial charge in [-0.2, -0.15) is 0 Å². The molecule has 0 radical (unpaired) electrons. The number of aliphatic hydroxyl groups excluding tert-OH is 1. The Bertz CT molecular complexity index is 708. The average molecular weight is 436 g/mol. The lowest BCUT2D eigenvalue weighted by atomic mass is 9.97. The largest absolute Gasteiger partial charge is 0.467 e. The zero-order chi connectivity index (χ0) is 23.6. The van der Waals surface area contributed by atoms with Crippen LogP contribution in [0, 0.1) is 11.8 Å². The quantitative estimate of drug-likeness (QED) is 0.364. The summed E-state index contributed by atoms with van der Waals surface area (Å²) in [5.74, 6) is -1.47. The van der Waals surface area contributed by atoms with Gasteiger partial charge in [0.25, 0.3) is 0 Å². The second-order valence-corrected chi connectivity index (χ2v) is 8.63. The summed E-state index contributed by atoms with van der Waals surface area (Å²) in [4.78, 5) is 37.5. The molecule has 0 saturated heterocycles. The minimum atomic E-state index is -1.00. The van der Waals surface area contributed by atoms with Gasteiger partial charge in [-0.15, -0.1) is 0 Å². The highest BCUT2D eigenvalue weighted by molar-refractivity contribution is 5.91. The van der Waals surface area contributed by atoms with E-state index in [1.54, 1.807) is 13.8 Å². The van der Waals surface area contributed by atoms with Gasteiger partial charge in [0, 0.05) is 12.5 Å². The molecule has 1 rings (SSSR count). The van der Waals surface area contributed by atoms with Crippen LogP contribution in [-0.2, 0) is 25.5 Å². The van der Waals surface area contributed by atoms with Crippen LogP contribution in [0.4, 0.5) is 0 Å². The van der Waals surface area contributed by atoms with Crippen molar-refractivity contribution < 1.29 is 24.2 Å². The molecule has 0 spiro atoms. The summed E-state index contributed by atoms with van der Waals surface area (Å²) >= 11 is 0. The molecule has 0 bridgehead atoms. The van der Waals surface area contributed by atoms with Crippen LogP contribution < -0.4 is 16.4 Å². The van der Waals surface area contributed by atoms with Gasteiger partial charge in [0.2, 0.25) is 11.8 Å². The maximum absolute atomic E-state index is 12.9. The Morgan fingerprint density at radius 1 is 1.06 bits per heavy atom. The molecule has 4 atom stereocenters. The summed E-state index contributed by atoms with van der Waals surface area (Å²) in [6, 6.07) is 6.98. The summed E-state index contributed by atoms with van der Waals surface area (Å²) in [6.45, 7) is 7.55. The number of rotatable bonds is 12. The maximum atomic E-state index is 12.9. The highest BCUT2D eigenvalue weighted by atomic mass is 16.5. The number of amides is 2. The molecule has 0 fully saturated rings. The lowest BCUT2D eigenvalue weighted by Gasteiger charge is -2.26. The van der Waals surface area contributed by atoms with Crippen LogP contribution in [0.25, 0.3) is 0 Å². The number of carbonyl (C=O) groups is 3. The third-order valence-electron chi connectivity index (χ3n) is 4.98. The average Bonchev–Trinajstić information content (AvgIpc) is 2.70. The Morgan fingerprint density at radius 3 is 2.19 bits per heavy atom. The second kappa shape index (κ2) is 13.1. The number of nitrogens with one attached hydrogen (secondary N) is 2. The minimum absolute atomic E-state index is 0.200. The molecular weight excluding hydrogens is 398 g/mol. The number of ether oxygens (including phenoxy) is 1. The number of benzene rings is 1. The van der Waals surface area contributed by atoms with Crippen LogP contribution in [0.2, 0.25) is 0 Å². The van der Waals surface area contributed by atoms with Crippen molar-refractivity contribution >= 4 is 17.8 Å². The standard InChI is InChI=1S/C23H37N3O5/c1-14(2)11-17(24)19(27)13-20(28)26-21(15(3)4)22(29)25-18(23(30)31-5)12-16-9-7-6-8-10-16/h6-10,14-15,17-19,21,27H,11-13,24H2,1-5H3,(H,25,29)(H,26,28)/t17?,18-,19-,21-/m0/s1. The molecule has 8 nitrogen and oxygen atoms in total. The first-order chi connectivity index (χ1) is 14.5.